The van der Waals surface area contributed by atoms with E-state index in [4.69, 9.17) is 5.11 Å². The van der Waals surface area contributed by atoms with Gasteiger partial charge < -0.3 is 10.4 Å². The highest BCUT2D eigenvalue weighted by molar-refractivity contribution is 5.73. The molecular formula is C5H8F3NO2. The number of aliphatic hydroxyl groups excluding tert-OH is 1. The molecule has 2 N–H and O–H groups in total. The van der Waals surface area contributed by atoms with Gasteiger partial charge >= 0.3 is 6.18 Å². The number of amides is 1. The average Bonchev–Trinajstić information content (AvgIpc) is 1.79. The van der Waals surface area contributed by atoms with Gasteiger partial charge in [-0.25, -0.2) is 0 Å². The molecule has 0 heterocycles. The molecule has 3 nitrogen and oxygen atoms in total. The molecule has 6 heteroatoms. The predicted molar refractivity (Wildman–Crippen MR) is 30.7 cm³/mol. The lowest BCUT2D eigenvalue weighted by Crippen LogP contribution is -2.46. The largest absolute Gasteiger partial charge is 0.410 e. The zero-order chi connectivity index (χ0) is 9.07. The maximum atomic E-state index is 11.7. The van der Waals surface area contributed by atoms with Crippen LogP contribution in [0.1, 0.15) is 6.92 Å². The molecule has 0 aromatic rings. The first-order valence-corrected chi connectivity index (χ1v) is 2.82. The summed E-state index contributed by atoms with van der Waals surface area (Å²) in [6.45, 7) is -0.183. The number of halogens is 3. The fraction of sp³-hybridized carbons (Fsp3) is 0.800. The third-order valence-electron chi connectivity index (χ3n) is 0.955. The van der Waals surface area contributed by atoms with Crippen LogP contribution in [0.25, 0.3) is 0 Å². The van der Waals surface area contributed by atoms with E-state index < -0.39 is 24.7 Å². The second kappa shape index (κ2) is 3.56. The number of aliphatic hydroxyl groups is 1. The van der Waals surface area contributed by atoms with Crippen LogP contribution in [-0.2, 0) is 4.79 Å². The molecule has 0 unspecified atom stereocenters. The minimum atomic E-state index is -4.58. The third kappa shape index (κ3) is 3.82. The van der Waals surface area contributed by atoms with E-state index in [-0.39, 0.29) is 0 Å². The van der Waals surface area contributed by atoms with E-state index in [1.807, 2.05) is 0 Å². The normalized spacial score (nSPS) is 14.3. The summed E-state index contributed by atoms with van der Waals surface area (Å²) in [5.41, 5.74) is 0. The Balaban J connectivity index is 4.07. The molecule has 11 heavy (non-hydrogen) atoms. The quantitative estimate of drug-likeness (QED) is 0.616. The van der Waals surface area contributed by atoms with E-state index in [0.717, 1.165) is 6.92 Å². The summed E-state index contributed by atoms with van der Waals surface area (Å²) >= 11 is 0. The van der Waals surface area contributed by atoms with Crippen molar-refractivity contribution in [3.05, 3.63) is 0 Å². The number of rotatable bonds is 2. The van der Waals surface area contributed by atoms with E-state index in [0.29, 0.717) is 0 Å². The van der Waals surface area contributed by atoms with Crippen LogP contribution in [0.15, 0.2) is 0 Å². The van der Waals surface area contributed by atoms with Gasteiger partial charge in [0, 0.05) is 6.92 Å². The number of carbonyl (C=O) groups excluding carboxylic acids is 1. The Kier molecular flexibility index (Phi) is 3.31. The first-order valence-electron chi connectivity index (χ1n) is 2.82. The van der Waals surface area contributed by atoms with Gasteiger partial charge in [0.05, 0.1) is 6.61 Å². The SMILES string of the molecule is CC(=O)N[C@@H](CO)C(F)(F)F. The first kappa shape index (κ1) is 10.2. The Hall–Kier alpha value is -0.780. The molecule has 1 amide bonds. The molecular weight excluding hydrogens is 163 g/mol. The number of carbonyl (C=O) groups is 1. The van der Waals surface area contributed by atoms with E-state index in [9.17, 15) is 18.0 Å². The summed E-state index contributed by atoms with van der Waals surface area (Å²) < 4.78 is 35.1. The predicted octanol–water partition coefficient (Wildman–Crippen LogP) is 0.0457. The lowest BCUT2D eigenvalue weighted by atomic mass is 10.3. The van der Waals surface area contributed by atoms with Crippen molar-refractivity contribution < 1.29 is 23.1 Å². The summed E-state index contributed by atoms with van der Waals surface area (Å²) in [6, 6.07) is -2.15. The fourth-order valence-corrected chi connectivity index (χ4v) is 0.476. The number of hydrogen-bond acceptors (Lipinski definition) is 2. The van der Waals surface area contributed by atoms with Gasteiger partial charge in [-0.15, -0.1) is 0 Å². The van der Waals surface area contributed by atoms with Crippen LogP contribution < -0.4 is 5.32 Å². The molecule has 1 atom stereocenters. The summed E-state index contributed by atoms with van der Waals surface area (Å²) in [6.07, 6.45) is -4.58. The van der Waals surface area contributed by atoms with Crippen molar-refractivity contribution in [1.29, 1.82) is 0 Å². The maximum Gasteiger partial charge on any atom is 0.410 e. The molecule has 0 aliphatic carbocycles. The standard InChI is InChI=1S/C5H8F3NO2/c1-3(11)9-4(2-10)5(6,7)8/h4,10H,2H2,1H3,(H,9,11)/t4-/m0/s1. The van der Waals surface area contributed by atoms with Crippen LogP contribution in [0.4, 0.5) is 13.2 Å². The van der Waals surface area contributed by atoms with Crippen LogP contribution in [0.5, 0.6) is 0 Å². The highest BCUT2D eigenvalue weighted by atomic mass is 19.4. The molecule has 0 radical (unpaired) electrons. The average molecular weight is 171 g/mol. The monoisotopic (exact) mass is 171 g/mol. The molecule has 0 spiro atoms. The summed E-state index contributed by atoms with van der Waals surface area (Å²) in [4.78, 5) is 10.1. The molecule has 0 saturated heterocycles. The molecule has 0 fully saturated rings. The van der Waals surface area contributed by atoms with Crippen molar-refractivity contribution in [2.45, 2.75) is 19.1 Å². The van der Waals surface area contributed by atoms with Gasteiger partial charge in [-0.1, -0.05) is 0 Å². The van der Waals surface area contributed by atoms with Gasteiger partial charge in [0.15, 0.2) is 0 Å². The minimum Gasteiger partial charge on any atom is -0.394 e. The summed E-state index contributed by atoms with van der Waals surface area (Å²) in [5, 5.41) is 9.73. The molecule has 0 aliphatic rings. The topological polar surface area (TPSA) is 49.3 Å². The number of nitrogens with one attached hydrogen (secondary N) is 1. The van der Waals surface area contributed by atoms with Crippen molar-refractivity contribution in [2.24, 2.45) is 0 Å². The van der Waals surface area contributed by atoms with Gasteiger partial charge in [0.25, 0.3) is 0 Å². The van der Waals surface area contributed by atoms with Gasteiger partial charge in [0.1, 0.15) is 6.04 Å². The molecule has 0 aromatic heterocycles. The first-order chi connectivity index (χ1) is 4.88. The lowest BCUT2D eigenvalue weighted by Gasteiger charge is -2.17. The van der Waals surface area contributed by atoms with Crippen LogP contribution in [0.3, 0.4) is 0 Å². The zero-order valence-electron chi connectivity index (χ0n) is 5.77. The van der Waals surface area contributed by atoms with E-state index in [1.54, 1.807) is 5.32 Å². The van der Waals surface area contributed by atoms with Crippen molar-refractivity contribution in [2.75, 3.05) is 6.61 Å². The lowest BCUT2D eigenvalue weighted by molar-refractivity contribution is -0.168. The molecule has 0 saturated carbocycles. The number of hydrogen-bond donors (Lipinski definition) is 2. The van der Waals surface area contributed by atoms with Crippen LogP contribution in [0, 0.1) is 0 Å². The van der Waals surface area contributed by atoms with Gasteiger partial charge in [0.2, 0.25) is 5.91 Å². The van der Waals surface area contributed by atoms with Crippen molar-refractivity contribution >= 4 is 5.91 Å². The highest BCUT2D eigenvalue weighted by Crippen LogP contribution is 2.19. The van der Waals surface area contributed by atoms with E-state index in [2.05, 4.69) is 0 Å². The molecule has 66 valence electrons. The van der Waals surface area contributed by atoms with Gasteiger partial charge in [-0.05, 0) is 0 Å². The Bertz CT molecular complexity index is 145. The Morgan fingerprint density at radius 1 is 1.64 bits per heavy atom. The zero-order valence-corrected chi connectivity index (χ0v) is 5.77. The molecule has 0 aliphatic heterocycles. The van der Waals surface area contributed by atoms with E-state index in [1.165, 1.54) is 0 Å². The van der Waals surface area contributed by atoms with E-state index >= 15 is 0 Å². The van der Waals surface area contributed by atoms with Gasteiger partial charge in [-0.2, -0.15) is 13.2 Å². The molecule has 0 rings (SSSR count). The third-order valence-corrected chi connectivity index (χ3v) is 0.955. The fourth-order valence-electron chi connectivity index (χ4n) is 0.476. The van der Waals surface area contributed by atoms with Crippen molar-refractivity contribution in [1.82, 2.24) is 5.32 Å². The summed E-state index contributed by atoms with van der Waals surface area (Å²) in [7, 11) is 0. The Morgan fingerprint density at radius 2 is 2.09 bits per heavy atom. The van der Waals surface area contributed by atoms with Crippen LogP contribution >= 0.6 is 0 Å². The highest BCUT2D eigenvalue weighted by Gasteiger charge is 2.39. The molecule has 0 aromatic carbocycles. The maximum absolute atomic E-state index is 11.7. The Labute approximate surface area is 61.2 Å². The van der Waals surface area contributed by atoms with Gasteiger partial charge in [-0.3, -0.25) is 4.79 Å². The van der Waals surface area contributed by atoms with Crippen molar-refractivity contribution in [3.8, 4) is 0 Å². The van der Waals surface area contributed by atoms with Crippen LogP contribution in [-0.4, -0.2) is 29.8 Å². The second-order valence-corrected chi connectivity index (χ2v) is 1.98. The Morgan fingerprint density at radius 3 is 2.18 bits per heavy atom. The van der Waals surface area contributed by atoms with Crippen LogP contribution in [0.2, 0.25) is 0 Å². The smallest absolute Gasteiger partial charge is 0.394 e. The minimum absolute atomic E-state index is 0.818. The number of alkyl halides is 3. The van der Waals surface area contributed by atoms with Crippen molar-refractivity contribution in [3.63, 3.8) is 0 Å². The second-order valence-electron chi connectivity index (χ2n) is 1.98. The molecule has 0 bridgehead atoms. The summed E-state index contributed by atoms with van der Waals surface area (Å²) in [5.74, 6) is -0.818.